The van der Waals surface area contributed by atoms with Crippen LogP contribution in [0.1, 0.15) is 136 Å². The quantitative estimate of drug-likeness (QED) is 0.0962. The fourth-order valence-corrected chi connectivity index (χ4v) is 3.68. The van der Waals surface area contributed by atoms with Crippen LogP contribution >= 0.6 is 0 Å². The molecule has 0 aliphatic heterocycles. The van der Waals surface area contributed by atoms with Crippen molar-refractivity contribution in [3.05, 3.63) is 24.3 Å². The molecule has 0 radical (unpaired) electrons. The van der Waals surface area contributed by atoms with Crippen molar-refractivity contribution in [2.75, 3.05) is 0 Å². The van der Waals surface area contributed by atoms with Crippen LogP contribution in [-0.4, -0.2) is 23.1 Å². The summed E-state index contributed by atoms with van der Waals surface area (Å²) >= 11 is 0. The zero-order valence-corrected chi connectivity index (χ0v) is 21.0. The highest BCUT2D eigenvalue weighted by Gasteiger charge is 2.14. The van der Waals surface area contributed by atoms with E-state index in [0.29, 0.717) is 19.3 Å². The minimum Gasteiger partial charge on any atom is -0.481 e. The van der Waals surface area contributed by atoms with Gasteiger partial charge in [0.1, 0.15) is 6.10 Å². The molecule has 0 bridgehead atoms. The monoisotopic (exact) mass is 450 g/mol. The topological polar surface area (TPSA) is 63.6 Å². The molecule has 0 heterocycles. The normalized spacial score (nSPS) is 12.6. The fraction of sp³-hybridized carbons (Fsp3) is 0.786. The van der Waals surface area contributed by atoms with Crippen LogP contribution in [0.2, 0.25) is 0 Å². The molecule has 186 valence electrons. The Morgan fingerprint density at radius 3 is 1.88 bits per heavy atom. The molecule has 0 spiro atoms. The van der Waals surface area contributed by atoms with Gasteiger partial charge in [-0.3, -0.25) is 9.59 Å². The molecule has 0 aromatic carbocycles. The Hall–Kier alpha value is -1.58. The van der Waals surface area contributed by atoms with Crippen molar-refractivity contribution in [3.63, 3.8) is 0 Å². The zero-order valence-electron chi connectivity index (χ0n) is 21.0. The third-order valence-corrected chi connectivity index (χ3v) is 5.68. The molecular formula is C28H50O4. The van der Waals surface area contributed by atoms with Crippen molar-refractivity contribution in [2.24, 2.45) is 0 Å². The number of rotatable bonds is 23. The molecule has 0 aliphatic carbocycles. The lowest BCUT2D eigenvalue weighted by atomic mass is 10.1. The summed E-state index contributed by atoms with van der Waals surface area (Å²) in [6.07, 6.45) is 28.0. The Labute approximate surface area is 197 Å². The van der Waals surface area contributed by atoms with Crippen LogP contribution in [0, 0.1) is 0 Å². The largest absolute Gasteiger partial charge is 0.481 e. The fourth-order valence-electron chi connectivity index (χ4n) is 3.68. The maximum atomic E-state index is 12.1. The van der Waals surface area contributed by atoms with Gasteiger partial charge in [0.25, 0.3) is 0 Å². The van der Waals surface area contributed by atoms with Crippen LogP contribution in [-0.2, 0) is 14.3 Å². The Morgan fingerprint density at radius 1 is 0.688 bits per heavy atom. The van der Waals surface area contributed by atoms with E-state index in [9.17, 15) is 9.59 Å². The van der Waals surface area contributed by atoms with Crippen molar-refractivity contribution in [3.8, 4) is 0 Å². The van der Waals surface area contributed by atoms with E-state index in [1.54, 1.807) is 0 Å². The van der Waals surface area contributed by atoms with Crippen molar-refractivity contribution >= 4 is 11.9 Å². The molecular weight excluding hydrogens is 400 g/mol. The highest BCUT2D eigenvalue weighted by atomic mass is 16.5. The van der Waals surface area contributed by atoms with Crippen molar-refractivity contribution in [1.82, 2.24) is 0 Å². The van der Waals surface area contributed by atoms with Gasteiger partial charge in [-0.1, -0.05) is 89.5 Å². The highest BCUT2D eigenvalue weighted by molar-refractivity contribution is 5.69. The van der Waals surface area contributed by atoms with E-state index in [-0.39, 0.29) is 18.5 Å². The van der Waals surface area contributed by atoms with Gasteiger partial charge in [-0.05, 0) is 57.8 Å². The summed E-state index contributed by atoms with van der Waals surface area (Å²) in [5.41, 5.74) is 0. The molecule has 1 atom stereocenters. The van der Waals surface area contributed by atoms with E-state index < -0.39 is 5.97 Å². The van der Waals surface area contributed by atoms with Crippen molar-refractivity contribution in [2.45, 2.75) is 142 Å². The van der Waals surface area contributed by atoms with Crippen molar-refractivity contribution in [1.29, 1.82) is 0 Å². The minimum absolute atomic E-state index is 0.121. The van der Waals surface area contributed by atoms with E-state index in [1.165, 1.54) is 44.9 Å². The van der Waals surface area contributed by atoms with Crippen LogP contribution < -0.4 is 0 Å². The number of hydrogen-bond donors (Lipinski definition) is 1. The molecule has 4 heteroatoms. The number of carbonyl (C=O) groups is 2. The first-order valence-electron chi connectivity index (χ1n) is 13.3. The third-order valence-electron chi connectivity index (χ3n) is 5.68. The van der Waals surface area contributed by atoms with E-state index >= 15 is 0 Å². The molecule has 0 amide bonds. The van der Waals surface area contributed by atoms with Crippen LogP contribution in [0.4, 0.5) is 0 Å². The predicted octanol–water partition coefficient (Wildman–Crippen LogP) is 8.55. The van der Waals surface area contributed by atoms with Gasteiger partial charge in [-0.25, -0.2) is 0 Å². The second kappa shape index (κ2) is 24.1. The van der Waals surface area contributed by atoms with Crippen LogP contribution in [0.3, 0.4) is 0 Å². The maximum absolute atomic E-state index is 12.1. The Balaban J connectivity index is 3.65. The van der Waals surface area contributed by atoms with Gasteiger partial charge in [0, 0.05) is 12.8 Å². The molecule has 32 heavy (non-hydrogen) atoms. The molecule has 0 aliphatic rings. The lowest BCUT2D eigenvalue weighted by Crippen LogP contribution is -2.18. The number of aliphatic carboxylic acids is 1. The molecule has 0 aromatic heterocycles. The number of carboxylic acid groups (broad SMARTS) is 1. The Morgan fingerprint density at radius 2 is 1.25 bits per heavy atom. The molecule has 0 rings (SSSR count). The van der Waals surface area contributed by atoms with Crippen molar-refractivity contribution < 1.29 is 19.4 Å². The molecule has 0 saturated carbocycles. The van der Waals surface area contributed by atoms with E-state index in [2.05, 4.69) is 38.2 Å². The molecule has 1 N–H and O–H groups in total. The number of carboxylic acids is 1. The maximum Gasteiger partial charge on any atom is 0.306 e. The Bertz CT molecular complexity index is 496. The molecule has 0 fully saturated rings. The summed E-state index contributed by atoms with van der Waals surface area (Å²) < 4.78 is 5.61. The third kappa shape index (κ3) is 23.1. The van der Waals surface area contributed by atoms with Gasteiger partial charge in [-0.2, -0.15) is 0 Å². The summed E-state index contributed by atoms with van der Waals surface area (Å²) in [4.78, 5) is 22.8. The number of esters is 1. The minimum atomic E-state index is -0.786. The smallest absolute Gasteiger partial charge is 0.306 e. The summed E-state index contributed by atoms with van der Waals surface area (Å²) in [5.74, 6) is -0.908. The molecule has 4 nitrogen and oxygen atoms in total. The standard InChI is InChI=1S/C28H50O4/c1-3-5-7-8-9-10-11-12-13-14-15-16-17-18-19-20-25-28(31)32-26(22-6-4-2)23-21-24-27(29)30/h10-11,13-14,26H,3-9,12,15-25H2,1-2H3,(H,29,30)/b11-10-,14-13-. The molecule has 0 saturated heterocycles. The van der Waals surface area contributed by atoms with E-state index in [4.69, 9.17) is 9.84 Å². The number of hydrogen-bond acceptors (Lipinski definition) is 3. The summed E-state index contributed by atoms with van der Waals surface area (Å²) in [7, 11) is 0. The number of carbonyl (C=O) groups excluding carboxylic acids is 1. The predicted molar refractivity (Wildman–Crippen MR) is 135 cm³/mol. The van der Waals surface area contributed by atoms with Gasteiger partial charge in [-0.15, -0.1) is 0 Å². The first-order chi connectivity index (χ1) is 15.6. The summed E-state index contributed by atoms with van der Waals surface area (Å²) in [6.45, 7) is 4.36. The van der Waals surface area contributed by atoms with Gasteiger partial charge in [0.15, 0.2) is 0 Å². The first kappa shape index (κ1) is 30.4. The van der Waals surface area contributed by atoms with Crippen LogP contribution in [0.5, 0.6) is 0 Å². The Kier molecular flexibility index (Phi) is 22.9. The average molecular weight is 451 g/mol. The molecule has 0 aromatic rings. The summed E-state index contributed by atoms with van der Waals surface area (Å²) in [5, 5.41) is 8.78. The van der Waals surface area contributed by atoms with Gasteiger partial charge in [0.05, 0.1) is 0 Å². The van der Waals surface area contributed by atoms with Crippen LogP contribution in [0.25, 0.3) is 0 Å². The zero-order chi connectivity index (χ0) is 23.7. The van der Waals surface area contributed by atoms with E-state index in [1.807, 2.05) is 0 Å². The number of unbranched alkanes of at least 4 members (excludes halogenated alkanes) is 10. The summed E-state index contributed by atoms with van der Waals surface area (Å²) in [6, 6.07) is 0. The van der Waals surface area contributed by atoms with Gasteiger partial charge >= 0.3 is 11.9 Å². The van der Waals surface area contributed by atoms with Crippen LogP contribution in [0.15, 0.2) is 24.3 Å². The average Bonchev–Trinajstić information content (AvgIpc) is 2.76. The highest BCUT2D eigenvalue weighted by Crippen LogP contribution is 2.15. The number of allylic oxidation sites excluding steroid dienone is 4. The second-order valence-electron chi connectivity index (χ2n) is 8.87. The second-order valence-corrected chi connectivity index (χ2v) is 8.87. The first-order valence-corrected chi connectivity index (χ1v) is 13.3. The van der Waals surface area contributed by atoms with Gasteiger partial charge < -0.3 is 9.84 Å². The number of ether oxygens (including phenoxy) is 1. The molecule has 1 unspecified atom stereocenters. The van der Waals surface area contributed by atoms with Gasteiger partial charge in [0.2, 0.25) is 0 Å². The lowest BCUT2D eigenvalue weighted by molar-refractivity contribution is -0.150. The lowest BCUT2D eigenvalue weighted by Gasteiger charge is -2.17. The SMILES string of the molecule is CCCCCC/C=C\C/C=C\CCCCCCCC(=O)OC(CCCC)CCCC(=O)O. The van der Waals surface area contributed by atoms with E-state index in [0.717, 1.165) is 51.4 Å².